The maximum absolute atomic E-state index is 12.2. The minimum Gasteiger partial charge on any atom is -0.394 e. The fourth-order valence-electron chi connectivity index (χ4n) is 3.08. The molecule has 1 fully saturated rings. The van der Waals surface area contributed by atoms with Crippen molar-refractivity contribution in [1.29, 1.82) is 0 Å². The fraction of sp³-hybridized carbons (Fsp3) is 0.944. The highest BCUT2D eigenvalue weighted by Gasteiger charge is 2.47. The molecule has 0 aromatic carbocycles. The molecule has 0 aromatic rings. The van der Waals surface area contributed by atoms with Crippen molar-refractivity contribution < 1.29 is 55.1 Å². The second-order valence-corrected chi connectivity index (χ2v) is 7.56. The third-order valence-corrected chi connectivity index (χ3v) is 5.04. The Morgan fingerprint density at radius 2 is 1.55 bits per heavy atom. The first kappa shape index (κ1) is 30.0. The normalized spacial score (nSPS) is 29.3. The van der Waals surface area contributed by atoms with Crippen molar-refractivity contribution in [3.05, 3.63) is 0 Å². The molecule has 0 radical (unpaired) electrons. The van der Waals surface area contributed by atoms with E-state index in [1.54, 1.807) is 0 Å². The fourth-order valence-corrected chi connectivity index (χ4v) is 3.08. The van der Waals surface area contributed by atoms with Gasteiger partial charge in [0, 0.05) is 39.3 Å². The summed E-state index contributed by atoms with van der Waals surface area (Å²) in [6.45, 7) is 1.25. The molecule has 1 amide bonds. The number of nitrogens with one attached hydrogen (secondary N) is 3. The highest BCUT2D eigenvalue weighted by atomic mass is 16.7. The topological polar surface area (TPSA) is 259 Å². The first-order valence-corrected chi connectivity index (χ1v) is 10.7. The van der Waals surface area contributed by atoms with Crippen molar-refractivity contribution in [2.24, 2.45) is 5.73 Å². The van der Waals surface area contributed by atoms with Crippen LogP contribution in [0.5, 0.6) is 0 Å². The molecule has 0 saturated carbocycles. The Morgan fingerprint density at radius 3 is 2.12 bits per heavy atom. The molecule has 15 heteroatoms. The number of aliphatic hydroxyl groups is 8. The zero-order valence-corrected chi connectivity index (χ0v) is 18.2. The molecule has 1 saturated heterocycles. The standard InChI is InChI=1S/C18H38N4O11/c19-1-2-20-3-4-21-5-6-22-17(31)14(29)13(28)16(9(25)7-23)33-18-15(30)12(27)11(26)10(8-24)32-18/h9-16,18,20-21,23-30H,1-8,19H2,(H,22,31)/t9?,10?,11-,12?,13?,14?,15?,16?,18-/m0/s1. The number of carbonyl (C=O) groups excluding carboxylic acids is 1. The summed E-state index contributed by atoms with van der Waals surface area (Å²) >= 11 is 0. The lowest BCUT2D eigenvalue weighted by Crippen LogP contribution is -2.62. The van der Waals surface area contributed by atoms with Crippen LogP contribution < -0.4 is 21.7 Å². The van der Waals surface area contributed by atoms with Gasteiger partial charge in [0.1, 0.15) is 42.7 Å². The van der Waals surface area contributed by atoms with Crippen LogP contribution in [0, 0.1) is 0 Å². The van der Waals surface area contributed by atoms with E-state index in [-0.39, 0.29) is 6.54 Å². The summed E-state index contributed by atoms with van der Waals surface area (Å²) < 4.78 is 10.4. The van der Waals surface area contributed by atoms with Crippen LogP contribution in [0.15, 0.2) is 0 Å². The Balaban J connectivity index is 2.63. The van der Waals surface area contributed by atoms with Crippen molar-refractivity contribution in [3.8, 4) is 0 Å². The van der Waals surface area contributed by atoms with E-state index in [4.69, 9.17) is 15.2 Å². The molecule has 1 rings (SSSR count). The maximum Gasteiger partial charge on any atom is 0.251 e. The summed E-state index contributed by atoms with van der Waals surface area (Å²) in [4.78, 5) is 12.2. The van der Waals surface area contributed by atoms with Gasteiger partial charge in [-0.15, -0.1) is 0 Å². The highest BCUT2D eigenvalue weighted by molar-refractivity contribution is 5.81. The van der Waals surface area contributed by atoms with Crippen molar-refractivity contribution in [1.82, 2.24) is 16.0 Å². The second-order valence-electron chi connectivity index (χ2n) is 7.56. The van der Waals surface area contributed by atoms with Gasteiger partial charge in [-0.05, 0) is 0 Å². The number of hydrogen-bond acceptors (Lipinski definition) is 14. The van der Waals surface area contributed by atoms with Crippen LogP contribution in [-0.2, 0) is 14.3 Å². The molecule has 0 aliphatic carbocycles. The predicted molar refractivity (Wildman–Crippen MR) is 112 cm³/mol. The van der Waals surface area contributed by atoms with Crippen LogP contribution in [0.25, 0.3) is 0 Å². The Kier molecular flexibility index (Phi) is 14.3. The minimum absolute atomic E-state index is 0.111. The van der Waals surface area contributed by atoms with Gasteiger partial charge in [0.15, 0.2) is 12.4 Å². The monoisotopic (exact) mass is 486 g/mol. The second kappa shape index (κ2) is 15.8. The van der Waals surface area contributed by atoms with Crippen molar-refractivity contribution in [2.45, 2.75) is 55.1 Å². The van der Waals surface area contributed by atoms with E-state index in [1.807, 2.05) is 0 Å². The van der Waals surface area contributed by atoms with Crippen molar-refractivity contribution in [3.63, 3.8) is 0 Å². The van der Waals surface area contributed by atoms with Gasteiger partial charge in [-0.25, -0.2) is 0 Å². The van der Waals surface area contributed by atoms with Gasteiger partial charge < -0.3 is 72.0 Å². The van der Waals surface area contributed by atoms with Gasteiger partial charge in [-0.2, -0.15) is 0 Å². The van der Waals surface area contributed by atoms with Crippen LogP contribution in [0.4, 0.5) is 0 Å². The van der Waals surface area contributed by atoms with E-state index >= 15 is 0 Å². The average molecular weight is 487 g/mol. The SMILES string of the molecule is NCCNCCNCCNC(=O)C(O)C(O)C(O[C@@H]1OC(CO)[C@H](O)C(O)C1O)C(O)CO. The molecule has 9 atom stereocenters. The number of ether oxygens (including phenoxy) is 2. The van der Waals surface area contributed by atoms with Crippen LogP contribution >= 0.6 is 0 Å². The van der Waals surface area contributed by atoms with E-state index in [0.29, 0.717) is 32.7 Å². The quantitative estimate of drug-likeness (QED) is 0.0905. The number of aliphatic hydroxyl groups excluding tert-OH is 8. The highest BCUT2D eigenvalue weighted by Crippen LogP contribution is 2.25. The zero-order chi connectivity index (χ0) is 25.0. The van der Waals surface area contributed by atoms with Crippen molar-refractivity contribution >= 4 is 5.91 Å². The molecule has 1 heterocycles. The van der Waals surface area contributed by atoms with E-state index in [9.17, 15) is 45.6 Å². The molecule has 7 unspecified atom stereocenters. The number of amides is 1. The Bertz CT molecular complexity index is 548. The molecule has 0 bridgehead atoms. The van der Waals surface area contributed by atoms with Gasteiger partial charge >= 0.3 is 0 Å². The van der Waals surface area contributed by atoms with E-state index in [0.717, 1.165) is 0 Å². The lowest BCUT2D eigenvalue weighted by molar-refractivity contribution is -0.326. The Labute approximate surface area is 191 Å². The van der Waals surface area contributed by atoms with E-state index in [1.165, 1.54) is 0 Å². The largest absolute Gasteiger partial charge is 0.394 e. The predicted octanol–water partition coefficient (Wildman–Crippen LogP) is -7.50. The summed E-state index contributed by atoms with van der Waals surface area (Å²) in [5, 5.41) is 87.3. The van der Waals surface area contributed by atoms with Crippen LogP contribution in [0.2, 0.25) is 0 Å². The van der Waals surface area contributed by atoms with Gasteiger partial charge in [-0.3, -0.25) is 4.79 Å². The molecule has 1 aliphatic rings. The summed E-state index contributed by atoms with van der Waals surface area (Å²) in [6.07, 6.45) is -16.3. The molecule has 15 nitrogen and oxygen atoms in total. The number of hydrogen-bond donors (Lipinski definition) is 12. The van der Waals surface area contributed by atoms with Crippen molar-refractivity contribution in [2.75, 3.05) is 52.5 Å². The molecular weight excluding hydrogens is 448 g/mol. The smallest absolute Gasteiger partial charge is 0.251 e. The summed E-state index contributed by atoms with van der Waals surface area (Å²) in [6, 6.07) is 0. The minimum atomic E-state index is -2.09. The lowest BCUT2D eigenvalue weighted by atomic mass is 9.98. The summed E-state index contributed by atoms with van der Waals surface area (Å²) in [7, 11) is 0. The van der Waals surface area contributed by atoms with Gasteiger partial charge in [0.2, 0.25) is 0 Å². The van der Waals surface area contributed by atoms with Crippen LogP contribution in [-0.4, -0.2) is 154 Å². The summed E-state index contributed by atoms with van der Waals surface area (Å²) in [5.74, 6) is -0.988. The first-order valence-electron chi connectivity index (χ1n) is 10.7. The number of nitrogens with two attached hydrogens (primary N) is 1. The number of carbonyl (C=O) groups is 1. The van der Waals surface area contributed by atoms with E-state index < -0.39 is 74.2 Å². The molecule has 1 aliphatic heterocycles. The van der Waals surface area contributed by atoms with Crippen LogP contribution in [0.1, 0.15) is 0 Å². The van der Waals surface area contributed by atoms with Crippen LogP contribution in [0.3, 0.4) is 0 Å². The molecule has 0 aromatic heterocycles. The van der Waals surface area contributed by atoms with Gasteiger partial charge in [0.05, 0.1) is 13.2 Å². The third kappa shape index (κ3) is 9.25. The average Bonchev–Trinajstić information content (AvgIpc) is 2.82. The molecule has 13 N–H and O–H groups in total. The summed E-state index contributed by atoms with van der Waals surface area (Å²) in [5.41, 5.74) is 5.35. The molecule has 196 valence electrons. The Morgan fingerprint density at radius 1 is 0.939 bits per heavy atom. The number of rotatable bonds is 16. The van der Waals surface area contributed by atoms with Gasteiger partial charge in [0.25, 0.3) is 5.91 Å². The molecule has 33 heavy (non-hydrogen) atoms. The first-order chi connectivity index (χ1) is 15.7. The van der Waals surface area contributed by atoms with E-state index in [2.05, 4.69) is 16.0 Å². The third-order valence-electron chi connectivity index (χ3n) is 5.04. The van der Waals surface area contributed by atoms with Gasteiger partial charge in [-0.1, -0.05) is 0 Å². The lowest BCUT2D eigenvalue weighted by Gasteiger charge is -2.42. The molecular formula is C18H38N4O11. The zero-order valence-electron chi connectivity index (χ0n) is 18.2. The maximum atomic E-state index is 12.2. The Hall–Kier alpha value is -1.05. The molecule has 0 spiro atoms.